The molecule has 0 saturated heterocycles. The highest BCUT2D eigenvalue weighted by molar-refractivity contribution is 5.91. The number of aliphatic hydroxyl groups excluding tert-OH is 1. The van der Waals surface area contributed by atoms with Crippen molar-refractivity contribution in [2.24, 2.45) is 11.8 Å². The summed E-state index contributed by atoms with van der Waals surface area (Å²) in [5, 5.41) is 11.4. The number of carbonyl (C=O) groups excluding carboxylic acids is 1. The summed E-state index contributed by atoms with van der Waals surface area (Å²) in [6.45, 7) is 0.743. The summed E-state index contributed by atoms with van der Waals surface area (Å²) in [4.78, 5) is 11.9. The van der Waals surface area contributed by atoms with E-state index in [1.165, 1.54) is 25.7 Å². The normalized spacial score (nSPS) is 26.3. The Morgan fingerprint density at radius 3 is 2.86 bits per heavy atom. The van der Waals surface area contributed by atoms with E-state index in [4.69, 9.17) is 14.6 Å². The molecule has 120 valence electrons. The summed E-state index contributed by atoms with van der Waals surface area (Å²) < 4.78 is 11.4. The Bertz CT molecular complexity index is 363. The van der Waals surface area contributed by atoms with E-state index in [2.05, 4.69) is 5.32 Å². The molecule has 5 nitrogen and oxygen atoms in total. The second kappa shape index (κ2) is 8.39. The summed E-state index contributed by atoms with van der Waals surface area (Å²) in [5.41, 5.74) is 0. The highest BCUT2D eigenvalue weighted by Crippen LogP contribution is 2.38. The molecule has 1 amide bonds. The Hall–Kier alpha value is -1.07. The van der Waals surface area contributed by atoms with Crippen LogP contribution in [0.25, 0.3) is 0 Å². The maximum Gasteiger partial charge on any atom is 0.285 e. The van der Waals surface area contributed by atoms with Gasteiger partial charge in [-0.05, 0) is 43.6 Å². The van der Waals surface area contributed by atoms with E-state index in [9.17, 15) is 4.79 Å². The van der Waals surface area contributed by atoms with Crippen molar-refractivity contribution < 1.29 is 19.4 Å². The lowest BCUT2D eigenvalue weighted by Crippen LogP contribution is -2.33. The second-order valence-corrected chi connectivity index (χ2v) is 5.90. The largest absolute Gasteiger partial charge is 0.459 e. The first-order valence-electron chi connectivity index (χ1n) is 8.07. The zero-order valence-electron chi connectivity index (χ0n) is 12.8. The molecule has 0 spiro atoms. The minimum absolute atomic E-state index is 0.179. The molecule has 5 heteroatoms. The van der Waals surface area contributed by atoms with Crippen LogP contribution in [0, 0.1) is 11.8 Å². The van der Waals surface area contributed by atoms with Gasteiger partial charge in [0.25, 0.3) is 5.91 Å². The Morgan fingerprint density at radius 2 is 2.19 bits per heavy atom. The minimum Gasteiger partial charge on any atom is -0.459 e. The summed E-state index contributed by atoms with van der Waals surface area (Å²) in [5.74, 6) is 1.24. The summed E-state index contributed by atoms with van der Waals surface area (Å²) in [6.07, 6.45) is 9.05. The molecule has 2 N–H and O–H groups in total. The molecule has 2 rings (SSSR count). The molecule has 2 atom stereocenters. The molecule has 0 aromatic carbocycles. The Labute approximate surface area is 126 Å². The fraction of sp³-hybridized carbons (Fsp3) is 0.812. The van der Waals surface area contributed by atoms with Crippen LogP contribution in [-0.4, -0.2) is 37.6 Å². The number of ether oxygens (including phenoxy) is 2. The SMILES string of the molecule is CNC(=O)C1=C[C@H](C2CCCC2)C[C@H](OCCCCO)O1. The van der Waals surface area contributed by atoms with Gasteiger partial charge in [0, 0.05) is 20.1 Å². The van der Waals surface area contributed by atoms with Crippen LogP contribution in [0.1, 0.15) is 44.9 Å². The first-order valence-corrected chi connectivity index (χ1v) is 8.07. The van der Waals surface area contributed by atoms with Crippen molar-refractivity contribution in [3.05, 3.63) is 11.8 Å². The summed E-state index contributed by atoms with van der Waals surface area (Å²) in [6, 6.07) is 0. The van der Waals surface area contributed by atoms with Gasteiger partial charge in [0.2, 0.25) is 6.29 Å². The van der Waals surface area contributed by atoms with E-state index in [0.717, 1.165) is 19.3 Å². The third-order valence-corrected chi connectivity index (χ3v) is 4.40. The van der Waals surface area contributed by atoms with Crippen LogP contribution in [0.2, 0.25) is 0 Å². The first kappa shape index (κ1) is 16.3. The number of rotatable bonds is 7. The predicted molar refractivity (Wildman–Crippen MR) is 79.4 cm³/mol. The molecule has 0 aromatic rings. The van der Waals surface area contributed by atoms with Gasteiger partial charge < -0.3 is 19.9 Å². The maximum absolute atomic E-state index is 11.9. The first-order chi connectivity index (χ1) is 10.2. The van der Waals surface area contributed by atoms with Crippen molar-refractivity contribution in [3.8, 4) is 0 Å². The van der Waals surface area contributed by atoms with Gasteiger partial charge in [-0.2, -0.15) is 0 Å². The average Bonchev–Trinajstić information content (AvgIpc) is 3.05. The van der Waals surface area contributed by atoms with Crippen molar-refractivity contribution in [3.63, 3.8) is 0 Å². The van der Waals surface area contributed by atoms with Gasteiger partial charge in [-0.1, -0.05) is 12.8 Å². The van der Waals surface area contributed by atoms with Crippen LogP contribution in [0.3, 0.4) is 0 Å². The van der Waals surface area contributed by atoms with Gasteiger partial charge in [-0.25, -0.2) is 0 Å². The number of hydrogen-bond acceptors (Lipinski definition) is 4. The Balaban J connectivity index is 1.94. The maximum atomic E-state index is 11.9. The molecule has 2 aliphatic rings. The lowest BCUT2D eigenvalue weighted by atomic mass is 9.86. The second-order valence-electron chi connectivity index (χ2n) is 5.90. The van der Waals surface area contributed by atoms with Crippen LogP contribution in [-0.2, 0) is 14.3 Å². The van der Waals surface area contributed by atoms with Crippen LogP contribution < -0.4 is 5.32 Å². The van der Waals surface area contributed by atoms with E-state index in [0.29, 0.717) is 24.2 Å². The number of aliphatic hydroxyl groups is 1. The van der Waals surface area contributed by atoms with Crippen molar-refractivity contribution in [1.82, 2.24) is 5.32 Å². The Morgan fingerprint density at radius 1 is 1.43 bits per heavy atom. The molecule has 1 heterocycles. The lowest BCUT2D eigenvalue weighted by Gasteiger charge is -2.31. The van der Waals surface area contributed by atoms with E-state index >= 15 is 0 Å². The highest BCUT2D eigenvalue weighted by Gasteiger charge is 2.33. The van der Waals surface area contributed by atoms with Gasteiger partial charge in [-0.15, -0.1) is 0 Å². The van der Waals surface area contributed by atoms with Crippen molar-refractivity contribution >= 4 is 5.91 Å². The molecular formula is C16H27NO4. The number of unbranched alkanes of at least 4 members (excludes halogenated alkanes) is 1. The van der Waals surface area contributed by atoms with Crippen LogP contribution in [0.4, 0.5) is 0 Å². The number of carbonyl (C=O) groups is 1. The number of amides is 1. The van der Waals surface area contributed by atoms with Crippen LogP contribution in [0.15, 0.2) is 11.8 Å². The average molecular weight is 297 g/mol. The molecule has 21 heavy (non-hydrogen) atoms. The number of hydrogen-bond donors (Lipinski definition) is 2. The van der Waals surface area contributed by atoms with Gasteiger partial charge in [0.15, 0.2) is 5.76 Å². The zero-order valence-corrected chi connectivity index (χ0v) is 12.8. The van der Waals surface area contributed by atoms with Crippen molar-refractivity contribution in [1.29, 1.82) is 0 Å². The zero-order chi connectivity index (χ0) is 15.1. The van der Waals surface area contributed by atoms with Gasteiger partial charge >= 0.3 is 0 Å². The van der Waals surface area contributed by atoms with Gasteiger partial charge in [-0.3, -0.25) is 4.79 Å². The Kier molecular flexibility index (Phi) is 6.51. The van der Waals surface area contributed by atoms with Gasteiger partial charge in [0.1, 0.15) is 0 Å². The standard InChI is InChI=1S/C16H27NO4/c1-17-16(19)14-10-13(12-6-2-3-7-12)11-15(21-14)20-9-5-4-8-18/h10,12-13,15,18H,2-9,11H2,1H3,(H,17,19)/t13-,15+/m0/s1. The molecular weight excluding hydrogens is 270 g/mol. The summed E-state index contributed by atoms with van der Waals surface area (Å²) in [7, 11) is 1.61. The van der Waals surface area contributed by atoms with Gasteiger partial charge in [0.05, 0.1) is 6.61 Å². The molecule has 0 unspecified atom stereocenters. The highest BCUT2D eigenvalue weighted by atomic mass is 16.7. The molecule has 0 aromatic heterocycles. The molecule has 0 bridgehead atoms. The van der Waals surface area contributed by atoms with Crippen molar-refractivity contribution in [2.45, 2.75) is 51.2 Å². The number of nitrogens with one attached hydrogen (secondary N) is 1. The number of likely N-dealkylation sites (N-methyl/N-ethyl adjacent to an activating group) is 1. The third-order valence-electron chi connectivity index (χ3n) is 4.40. The van der Waals surface area contributed by atoms with E-state index in [1.807, 2.05) is 6.08 Å². The quantitative estimate of drug-likeness (QED) is 0.705. The topological polar surface area (TPSA) is 67.8 Å². The number of allylic oxidation sites excluding steroid dienone is 1. The smallest absolute Gasteiger partial charge is 0.285 e. The molecule has 0 radical (unpaired) electrons. The monoisotopic (exact) mass is 297 g/mol. The molecule has 1 saturated carbocycles. The van der Waals surface area contributed by atoms with Crippen LogP contribution >= 0.6 is 0 Å². The van der Waals surface area contributed by atoms with Crippen LogP contribution in [0.5, 0.6) is 0 Å². The van der Waals surface area contributed by atoms with Crippen molar-refractivity contribution in [2.75, 3.05) is 20.3 Å². The molecule has 1 aliphatic heterocycles. The summed E-state index contributed by atoms with van der Waals surface area (Å²) >= 11 is 0. The third kappa shape index (κ3) is 4.71. The fourth-order valence-electron chi connectivity index (χ4n) is 3.21. The van der Waals surface area contributed by atoms with E-state index in [1.54, 1.807) is 7.05 Å². The lowest BCUT2D eigenvalue weighted by molar-refractivity contribution is -0.150. The minimum atomic E-state index is -0.341. The van der Waals surface area contributed by atoms with E-state index in [-0.39, 0.29) is 18.8 Å². The molecule has 1 fully saturated rings. The van der Waals surface area contributed by atoms with E-state index < -0.39 is 0 Å². The fourth-order valence-corrected chi connectivity index (χ4v) is 3.21. The molecule has 1 aliphatic carbocycles. The predicted octanol–water partition coefficient (Wildman–Crippen LogP) is 1.96.